The van der Waals surface area contributed by atoms with Crippen molar-refractivity contribution in [3.05, 3.63) is 40.6 Å². The van der Waals surface area contributed by atoms with E-state index in [2.05, 4.69) is 5.16 Å². The molecule has 1 amide bonds. The lowest BCUT2D eigenvalue weighted by molar-refractivity contribution is 0.0792. The second kappa shape index (κ2) is 6.22. The maximum atomic E-state index is 12.9. The molecule has 1 aliphatic heterocycles. The van der Waals surface area contributed by atoms with Gasteiger partial charge in [0, 0.05) is 24.9 Å². The first kappa shape index (κ1) is 17.0. The van der Waals surface area contributed by atoms with Crippen molar-refractivity contribution < 1.29 is 17.7 Å². The third-order valence-corrected chi connectivity index (χ3v) is 6.17. The molecule has 1 fully saturated rings. The van der Waals surface area contributed by atoms with Gasteiger partial charge in [-0.05, 0) is 19.4 Å². The number of likely N-dealkylation sites (tertiary alicyclic amines) is 1. The normalized spacial score (nSPS) is 18.1. The topological polar surface area (TPSA) is 80.5 Å². The summed E-state index contributed by atoms with van der Waals surface area (Å²) in [6, 6.07) is 7.07. The summed E-state index contributed by atoms with van der Waals surface area (Å²) in [7, 11) is -3.17. The molecule has 0 N–H and O–H groups in total. The monoisotopic (exact) mass is 368 g/mol. The third kappa shape index (κ3) is 3.06. The van der Waals surface area contributed by atoms with E-state index in [1.54, 1.807) is 31.2 Å². The molecule has 2 heterocycles. The van der Waals surface area contributed by atoms with Gasteiger partial charge in [-0.3, -0.25) is 4.79 Å². The molecule has 1 aromatic heterocycles. The number of sulfone groups is 1. The number of amides is 1. The van der Waals surface area contributed by atoms with Gasteiger partial charge in [0.25, 0.3) is 5.91 Å². The number of aromatic nitrogens is 1. The van der Waals surface area contributed by atoms with Gasteiger partial charge in [-0.25, -0.2) is 8.42 Å². The van der Waals surface area contributed by atoms with Crippen LogP contribution in [0.3, 0.4) is 0 Å². The predicted octanol–water partition coefficient (Wildman–Crippen LogP) is 2.56. The van der Waals surface area contributed by atoms with Gasteiger partial charge in [-0.15, -0.1) is 0 Å². The first-order chi connectivity index (χ1) is 11.3. The van der Waals surface area contributed by atoms with Gasteiger partial charge < -0.3 is 9.42 Å². The Labute approximate surface area is 145 Å². The van der Waals surface area contributed by atoms with Crippen LogP contribution in [0.15, 0.2) is 28.8 Å². The Balaban J connectivity index is 1.95. The second-order valence-electron chi connectivity index (χ2n) is 5.93. The molecule has 1 aromatic carbocycles. The summed E-state index contributed by atoms with van der Waals surface area (Å²) in [4.78, 5) is 14.4. The third-order valence-electron chi connectivity index (χ3n) is 4.24. The van der Waals surface area contributed by atoms with Gasteiger partial charge in [-0.1, -0.05) is 35.0 Å². The van der Waals surface area contributed by atoms with Crippen molar-refractivity contribution >= 4 is 27.3 Å². The number of rotatable bonds is 3. The summed E-state index contributed by atoms with van der Waals surface area (Å²) in [5, 5.41) is 3.93. The van der Waals surface area contributed by atoms with E-state index in [1.165, 1.54) is 11.2 Å². The lowest BCUT2D eigenvalue weighted by atomic mass is 10.1. The lowest BCUT2D eigenvalue weighted by Gasteiger charge is -2.16. The van der Waals surface area contributed by atoms with Crippen molar-refractivity contribution in [2.45, 2.75) is 18.6 Å². The van der Waals surface area contributed by atoms with Gasteiger partial charge in [0.2, 0.25) is 0 Å². The first-order valence-corrected chi connectivity index (χ1v) is 9.81. The van der Waals surface area contributed by atoms with Crippen molar-refractivity contribution in [3.8, 4) is 11.3 Å². The average molecular weight is 369 g/mol. The Bertz CT molecular complexity index is 891. The smallest absolute Gasteiger partial charge is 0.259 e. The molecule has 1 aliphatic rings. The van der Waals surface area contributed by atoms with E-state index in [0.29, 0.717) is 40.6 Å². The molecule has 128 valence electrons. The number of aryl methyl sites for hydroxylation is 1. The molecule has 0 saturated carbocycles. The summed E-state index contributed by atoms with van der Waals surface area (Å²) in [5.41, 5.74) is 1.32. The van der Waals surface area contributed by atoms with Crippen molar-refractivity contribution in [1.82, 2.24) is 10.1 Å². The van der Waals surface area contributed by atoms with Gasteiger partial charge in [0.15, 0.2) is 9.84 Å². The molecule has 3 rings (SSSR count). The zero-order valence-corrected chi connectivity index (χ0v) is 14.9. The van der Waals surface area contributed by atoms with Gasteiger partial charge in [0.05, 0.1) is 10.3 Å². The molecule has 6 nitrogen and oxygen atoms in total. The minimum absolute atomic E-state index is 0.185. The predicted molar refractivity (Wildman–Crippen MR) is 90.8 cm³/mol. The minimum atomic E-state index is -3.17. The number of nitrogens with zero attached hydrogens (tertiary/aromatic N) is 2. The fraction of sp³-hybridized carbons (Fsp3) is 0.375. The Morgan fingerprint density at radius 1 is 1.38 bits per heavy atom. The maximum Gasteiger partial charge on any atom is 0.259 e. The van der Waals surface area contributed by atoms with Crippen LogP contribution >= 0.6 is 11.6 Å². The number of carbonyl (C=O) groups excluding carboxylic acids is 1. The highest BCUT2D eigenvalue weighted by atomic mass is 35.5. The lowest BCUT2D eigenvalue weighted by Crippen LogP contribution is -2.32. The van der Waals surface area contributed by atoms with Crippen LogP contribution in [0.2, 0.25) is 5.02 Å². The molecule has 8 heteroatoms. The molecule has 0 spiro atoms. The van der Waals surface area contributed by atoms with Crippen LogP contribution in [0.5, 0.6) is 0 Å². The average Bonchev–Trinajstić information content (AvgIpc) is 3.14. The maximum absolute atomic E-state index is 12.9. The first-order valence-electron chi connectivity index (χ1n) is 7.48. The van der Waals surface area contributed by atoms with Crippen LogP contribution in [0.25, 0.3) is 11.3 Å². The van der Waals surface area contributed by atoms with E-state index in [1.807, 2.05) is 0 Å². The van der Waals surface area contributed by atoms with Crippen molar-refractivity contribution in [3.63, 3.8) is 0 Å². The zero-order chi connectivity index (χ0) is 17.5. The molecular weight excluding hydrogens is 352 g/mol. The molecule has 0 radical (unpaired) electrons. The van der Waals surface area contributed by atoms with Crippen LogP contribution in [-0.4, -0.2) is 49.0 Å². The summed E-state index contributed by atoms with van der Waals surface area (Å²) >= 11 is 6.20. The number of halogens is 1. The Morgan fingerprint density at radius 2 is 2.08 bits per heavy atom. The van der Waals surface area contributed by atoms with Crippen molar-refractivity contribution in [1.29, 1.82) is 0 Å². The second-order valence-corrected chi connectivity index (χ2v) is 8.67. The Kier molecular flexibility index (Phi) is 4.40. The Morgan fingerprint density at radius 3 is 2.71 bits per heavy atom. The molecule has 0 aliphatic carbocycles. The van der Waals surface area contributed by atoms with Crippen molar-refractivity contribution in [2.24, 2.45) is 0 Å². The zero-order valence-electron chi connectivity index (χ0n) is 13.3. The Hall–Kier alpha value is -1.86. The molecule has 0 bridgehead atoms. The van der Waals surface area contributed by atoms with Gasteiger partial charge >= 0.3 is 0 Å². The van der Waals surface area contributed by atoms with Crippen molar-refractivity contribution in [2.75, 3.05) is 19.3 Å². The highest BCUT2D eigenvalue weighted by molar-refractivity contribution is 7.91. The van der Waals surface area contributed by atoms with E-state index < -0.39 is 15.1 Å². The van der Waals surface area contributed by atoms with Gasteiger partial charge in [-0.2, -0.15) is 0 Å². The SMILES string of the molecule is Cc1onc(-c2ccccc2Cl)c1C(=O)N1CCC(S(C)(=O)=O)C1. The van der Waals surface area contributed by atoms with E-state index in [4.69, 9.17) is 16.1 Å². The van der Waals surface area contributed by atoms with E-state index in [9.17, 15) is 13.2 Å². The summed E-state index contributed by atoms with van der Waals surface area (Å²) < 4.78 is 28.6. The molecule has 1 atom stereocenters. The molecule has 1 saturated heterocycles. The molecule has 24 heavy (non-hydrogen) atoms. The number of hydrogen-bond acceptors (Lipinski definition) is 5. The number of hydrogen-bond donors (Lipinski definition) is 0. The summed E-state index contributed by atoms with van der Waals surface area (Å²) in [6.07, 6.45) is 1.64. The number of carbonyl (C=O) groups is 1. The fourth-order valence-electron chi connectivity index (χ4n) is 2.88. The van der Waals surface area contributed by atoms with E-state index in [0.717, 1.165) is 0 Å². The van der Waals surface area contributed by atoms with E-state index >= 15 is 0 Å². The highest BCUT2D eigenvalue weighted by Crippen LogP contribution is 2.32. The van der Waals surface area contributed by atoms with Crippen LogP contribution in [0, 0.1) is 6.92 Å². The highest BCUT2D eigenvalue weighted by Gasteiger charge is 2.35. The quantitative estimate of drug-likeness (QED) is 0.831. The van der Waals surface area contributed by atoms with Crippen LogP contribution < -0.4 is 0 Å². The van der Waals surface area contributed by atoms with Gasteiger partial charge in [0.1, 0.15) is 17.0 Å². The summed E-state index contributed by atoms with van der Waals surface area (Å²) in [6.45, 7) is 2.23. The van der Waals surface area contributed by atoms with Crippen LogP contribution in [0.1, 0.15) is 22.5 Å². The molecule has 2 aromatic rings. The molecule has 1 unspecified atom stereocenters. The minimum Gasteiger partial charge on any atom is -0.360 e. The van der Waals surface area contributed by atoms with E-state index in [-0.39, 0.29) is 12.5 Å². The van der Waals surface area contributed by atoms with Crippen LogP contribution in [-0.2, 0) is 9.84 Å². The standard InChI is InChI=1S/C16H17ClN2O4S/c1-10-14(15(18-23-10)12-5-3-4-6-13(12)17)16(20)19-8-7-11(9-19)24(2,21)22/h3-6,11H,7-9H2,1-2H3. The fourth-order valence-corrected chi connectivity index (χ4v) is 4.09. The summed E-state index contributed by atoms with van der Waals surface area (Å²) in [5.74, 6) is 0.104. The van der Waals surface area contributed by atoms with Crippen LogP contribution in [0.4, 0.5) is 0 Å². The largest absolute Gasteiger partial charge is 0.360 e. The number of benzene rings is 1. The molecular formula is C16H17ClN2O4S.